The van der Waals surface area contributed by atoms with E-state index in [2.05, 4.69) is 20.5 Å². The SMILES string of the molecule is Cc1[nH]c(=O)[nH]c(=O)c1NC(=O)CSc1ccc(-c2ccc(F)cc2)nn1. The second-order valence-corrected chi connectivity index (χ2v) is 6.50. The molecule has 0 aliphatic carbocycles. The Labute approximate surface area is 156 Å². The number of hydrogen-bond donors (Lipinski definition) is 3. The smallest absolute Gasteiger partial charge is 0.319 e. The molecule has 0 saturated heterocycles. The maximum absolute atomic E-state index is 13.0. The van der Waals surface area contributed by atoms with Gasteiger partial charge in [0, 0.05) is 11.3 Å². The van der Waals surface area contributed by atoms with Crippen molar-refractivity contribution in [2.75, 3.05) is 11.1 Å². The summed E-state index contributed by atoms with van der Waals surface area (Å²) >= 11 is 1.14. The van der Waals surface area contributed by atoms with Gasteiger partial charge in [-0.1, -0.05) is 11.8 Å². The predicted octanol–water partition coefficient (Wildman–Crippen LogP) is 1.70. The molecule has 0 aliphatic heterocycles. The Balaban J connectivity index is 1.61. The van der Waals surface area contributed by atoms with Crippen molar-refractivity contribution in [2.45, 2.75) is 11.9 Å². The Hall–Kier alpha value is -3.27. The van der Waals surface area contributed by atoms with Gasteiger partial charge in [-0.2, -0.15) is 0 Å². The van der Waals surface area contributed by atoms with Crippen molar-refractivity contribution in [1.82, 2.24) is 20.2 Å². The van der Waals surface area contributed by atoms with Crippen LogP contribution in [-0.2, 0) is 4.79 Å². The van der Waals surface area contributed by atoms with Crippen LogP contribution in [0.4, 0.5) is 10.1 Å². The maximum atomic E-state index is 13.0. The fraction of sp³-hybridized carbons (Fsp3) is 0.118. The van der Waals surface area contributed by atoms with Crippen molar-refractivity contribution in [1.29, 1.82) is 0 Å². The number of H-pyrrole nitrogens is 2. The lowest BCUT2D eigenvalue weighted by molar-refractivity contribution is -0.113. The fourth-order valence-electron chi connectivity index (χ4n) is 2.24. The lowest BCUT2D eigenvalue weighted by Crippen LogP contribution is -2.29. The number of aryl methyl sites for hydroxylation is 1. The van der Waals surface area contributed by atoms with Crippen LogP contribution in [0.15, 0.2) is 51.0 Å². The Morgan fingerprint density at radius 3 is 2.48 bits per heavy atom. The lowest BCUT2D eigenvalue weighted by atomic mass is 10.1. The largest absolute Gasteiger partial charge is 0.326 e. The van der Waals surface area contributed by atoms with Crippen molar-refractivity contribution < 1.29 is 9.18 Å². The molecule has 1 aromatic carbocycles. The number of thioether (sulfide) groups is 1. The quantitative estimate of drug-likeness (QED) is 0.573. The van der Waals surface area contributed by atoms with Crippen LogP contribution < -0.4 is 16.6 Å². The van der Waals surface area contributed by atoms with Gasteiger partial charge in [-0.15, -0.1) is 10.2 Å². The molecule has 1 amide bonds. The Morgan fingerprint density at radius 2 is 1.85 bits per heavy atom. The van der Waals surface area contributed by atoms with Crippen LogP contribution in [0, 0.1) is 12.7 Å². The van der Waals surface area contributed by atoms with Gasteiger partial charge in [-0.05, 0) is 43.3 Å². The number of amides is 1. The molecule has 0 spiro atoms. The van der Waals surface area contributed by atoms with Gasteiger partial charge in [0.2, 0.25) is 5.91 Å². The van der Waals surface area contributed by atoms with Crippen LogP contribution in [0.5, 0.6) is 0 Å². The van der Waals surface area contributed by atoms with E-state index in [0.717, 1.165) is 17.3 Å². The fourth-order valence-corrected chi connectivity index (χ4v) is 2.85. The monoisotopic (exact) mass is 387 g/mol. The van der Waals surface area contributed by atoms with E-state index in [-0.39, 0.29) is 23.0 Å². The minimum Gasteiger partial charge on any atom is -0.319 e. The van der Waals surface area contributed by atoms with Crippen LogP contribution in [0.3, 0.4) is 0 Å². The van der Waals surface area contributed by atoms with E-state index in [0.29, 0.717) is 10.7 Å². The highest BCUT2D eigenvalue weighted by Crippen LogP contribution is 2.20. The van der Waals surface area contributed by atoms with Gasteiger partial charge >= 0.3 is 5.69 Å². The average molecular weight is 387 g/mol. The summed E-state index contributed by atoms with van der Waals surface area (Å²) < 4.78 is 13.0. The minimum absolute atomic E-state index is 0.00191. The maximum Gasteiger partial charge on any atom is 0.326 e. The number of anilines is 1. The van der Waals surface area contributed by atoms with Gasteiger partial charge in [-0.25, -0.2) is 9.18 Å². The van der Waals surface area contributed by atoms with Gasteiger partial charge < -0.3 is 10.3 Å². The van der Waals surface area contributed by atoms with Gasteiger partial charge in [-0.3, -0.25) is 14.6 Å². The molecule has 0 atom stereocenters. The predicted molar refractivity (Wildman–Crippen MR) is 99.2 cm³/mol. The molecule has 27 heavy (non-hydrogen) atoms. The second-order valence-electron chi connectivity index (χ2n) is 5.51. The first-order valence-electron chi connectivity index (χ1n) is 7.78. The van der Waals surface area contributed by atoms with Crippen molar-refractivity contribution in [3.8, 4) is 11.3 Å². The molecule has 0 fully saturated rings. The lowest BCUT2D eigenvalue weighted by Gasteiger charge is -2.06. The third-order valence-electron chi connectivity index (χ3n) is 3.53. The zero-order chi connectivity index (χ0) is 19.4. The van der Waals surface area contributed by atoms with E-state index in [1.165, 1.54) is 19.1 Å². The molecule has 0 unspecified atom stereocenters. The first-order valence-corrected chi connectivity index (χ1v) is 8.76. The number of halogens is 1. The summed E-state index contributed by atoms with van der Waals surface area (Å²) in [6, 6.07) is 9.29. The molecular formula is C17H14FN5O3S. The zero-order valence-corrected chi connectivity index (χ0v) is 14.9. The van der Waals surface area contributed by atoms with Crippen LogP contribution in [0.25, 0.3) is 11.3 Å². The normalized spacial score (nSPS) is 10.6. The Bertz CT molecular complexity index is 1080. The third kappa shape index (κ3) is 4.67. The van der Waals surface area contributed by atoms with Crippen LogP contribution in [0.1, 0.15) is 5.69 Å². The Kier molecular flexibility index (Phi) is 5.46. The number of benzene rings is 1. The molecule has 2 aromatic heterocycles. The van der Waals surface area contributed by atoms with Gasteiger partial charge in [0.25, 0.3) is 5.56 Å². The van der Waals surface area contributed by atoms with Crippen LogP contribution in [-0.4, -0.2) is 31.8 Å². The number of nitrogens with one attached hydrogen (secondary N) is 3. The molecule has 138 valence electrons. The topological polar surface area (TPSA) is 121 Å². The molecule has 3 aromatic rings. The molecule has 0 aliphatic rings. The number of aromatic nitrogens is 4. The molecule has 3 rings (SSSR count). The highest BCUT2D eigenvalue weighted by atomic mass is 32.2. The second kappa shape index (κ2) is 7.96. The highest BCUT2D eigenvalue weighted by molar-refractivity contribution is 7.99. The highest BCUT2D eigenvalue weighted by Gasteiger charge is 2.11. The van der Waals surface area contributed by atoms with Crippen molar-refractivity contribution in [3.05, 3.63) is 68.7 Å². The van der Waals surface area contributed by atoms with Crippen molar-refractivity contribution in [2.24, 2.45) is 0 Å². The third-order valence-corrected chi connectivity index (χ3v) is 4.45. The van der Waals surface area contributed by atoms with Gasteiger partial charge in [0.1, 0.15) is 16.5 Å². The van der Waals surface area contributed by atoms with E-state index in [1.807, 2.05) is 4.98 Å². The van der Waals surface area contributed by atoms with Crippen molar-refractivity contribution >= 4 is 23.4 Å². The van der Waals surface area contributed by atoms with Crippen LogP contribution in [0.2, 0.25) is 0 Å². The van der Waals surface area contributed by atoms with Crippen molar-refractivity contribution in [3.63, 3.8) is 0 Å². The first kappa shape index (κ1) is 18.5. The minimum atomic E-state index is -0.668. The number of rotatable bonds is 5. The summed E-state index contributed by atoms with van der Waals surface area (Å²) in [5, 5.41) is 11.1. The van der Waals surface area contributed by atoms with E-state index >= 15 is 0 Å². The van der Waals surface area contributed by atoms with E-state index in [9.17, 15) is 18.8 Å². The molecule has 8 nitrogen and oxygen atoms in total. The number of nitrogens with zero attached hydrogens (tertiary/aromatic N) is 2. The average Bonchev–Trinajstić information content (AvgIpc) is 2.64. The molecule has 10 heteroatoms. The van der Waals surface area contributed by atoms with Gasteiger partial charge in [0.15, 0.2) is 0 Å². The molecule has 0 radical (unpaired) electrons. The number of hydrogen-bond acceptors (Lipinski definition) is 6. The standard InChI is InChI=1S/C17H14FN5O3S/c1-9-15(16(25)21-17(26)19-9)20-13(24)8-27-14-7-6-12(22-23-14)10-2-4-11(18)5-3-10/h2-7H,8H2,1H3,(H,20,24)(H2,19,21,25,26). The molecule has 2 heterocycles. The summed E-state index contributed by atoms with van der Waals surface area (Å²) in [4.78, 5) is 39.4. The summed E-state index contributed by atoms with van der Waals surface area (Å²) in [6.07, 6.45) is 0. The molecular weight excluding hydrogens is 373 g/mol. The summed E-state index contributed by atoms with van der Waals surface area (Å²) in [5.41, 5.74) is 0.271. The number of aromatic amines is 2. The number of carbonyl (C=O) groups is 1. The van der Waals surface area contributed by atoms with E-state index < -0.39 is 17.2 Å². The molecule has 0 bridgehead atoms. The zero-order valence-electron chi connectivity index (χ0n) is 14.1. The first-order chi connectivity index (χ1) is 12.9. The van der Waals surface area contributed by atoms with Crippen LogP contribution >= 0.6 is 11.8 Å². The summed E-state index contributed by atoms with van der Waals surface area (Å²) in [5.74, 6) is -0.755. The van der Waals surface area contributed by atoms with E-state index in [4.69, 9.17) is 0 Å². The summed E-state index contributed by atoms with van der Waals surface area (Å²) in [7, 11) is 0. The molecule has 0 saturated carbocycles. The number of carbonyl (C=O) groups excluding carboxylic acids is 1. The molecule has 3 N–H and O–H groups in total. The van der Waals surface area contributed by atoms with Gasteiger partial charge in [0.05, 0.1) is 11.4 Å². The summed E-state index contributed by atoms with van der Waals surface area (Å²) in [6.45, 7) is 1.51. The Morgan fingerprint density at radius 1 is 1.11 bits per heavy atom. The van der Waals surface area contributed by atoms with E-state index in [1.54, 1.807) is 24.3 Å².